The van der Waals surface area contributed by atoms with Gasteiger partial charge in [-0.05, 0) is 54.9 Å². The van der Waals surface area contributed by atoms with Crippen LogP contribution in [0.25, 0.3) is 0 Å². The number of rotatable bonds is 4. The molecule has 126 valence electrons. The molecule has 24 heavy (non-hydrogen) atoms. The average molecular weight is 326 g/mol. The van der Waals surface area contributed by atoms with Crippen LogP contribution in [0.1, 0.15) is 47.5 Å². The topological polar surface area (TPSA) is 67.4 Å². The number of carbonyl (C=O) groups is 2. The Labute approximate surface area is 141 Å². The largest absolute Gasteiger partial charge is 0.485 e. The summed E-state index contributed by atoms with van der Waals surface area (Å²) in [5.74, 6) is 1.49. The standard InChI is InChI=1S/C19H22N2O3/c22-11-15-5-4-13(16-9-20-19(23)21-10-16)8-18(15)24-17-7-12-2-1-3-14(17)6-12/h4-6,8,11-12,16-17H,1-3,7,9-10H2,(H2,20,21,23)/t12-,17+/m1/s1. The molecule has 3 aliphatic rings. The highest BCUT2D eigenvalue weighted by Crippen LogP contribution is 2.39. The summed E-state index contributed by atoms with van der Waals surface area (Å²) in [5, 5.41) is 5.62. The zero-order valence-electron chi connectivity index (χ0n) is 13.6. The number of aldehydes is 1. The summed E-state index contributed by atoms with van der Waals surface area (Å²) in [4.78, 5) is 22.6. The Kier molecular flexibility index (Phi) is 4.00. The van der Waals surface area contributed by atoms with Crippen molar-refractivity contribution in [2.45, 2.75) is 37.7 Å². The third kappa shape index (κ3) is 2.90. The summed E-state index contributed by atoms with van der Waals surface area (Å²) < 4.78 is 6.26. The Morgan fingerprint density at radius 2 is 2.04 bits per heavy atom. The number of urea groups is 1. The van der Waals surface area contributed by atoms with E-state index in [0.29, 0.717) is 30.3 Å². The SMILES string of the molecule is O=Cc1ccc(C2CNC(=O)NC2)cc1O[C@H]1C[C@H]2C=C1CCC2. The smallest absolute Gasteiger partial charge is 0.314 e. The first-order valence-electron chi connectivity index (χ1n) is 8.71. The lowest BCUT2D eigenvalue weighted by atomic mass is 9.96. The van der Waals surface area contributed by atoms with Crippen molar-refractivity contribution in [1.82, 2.24) is 10.6 Å². The van der Waals surface area contributed by atoms with Crippen molar-refractivity contribution >= 4 is 12.3 Å². The van der Waals surface area contributed by atoms with E-state index in [1.807, 2.05) is 18.2 Å². The van der Waals surface area contributed by atoms with Gasteiger partial charge >= 0.3 is 6.03 Å². The van der Waals surface area contributed by atoms with Crippen LogP contribution in [-0.2, 0) is 0 Å². The zero-order valence-corrected chi connectivity index (χ0v) is 13.6. The Hall–Kier alpha value is -2.30. The Morgan fingerprint density at radius 1 is 1.21 bits per heavy atom. The van der Waals surface area contributed by atoms with Gasteiger partial charge in [0, 0.05) is 19.0 Å². The normalized spacial score (nSPS) is 26.3. The molecule has 1 saturated heterocycles. The van der Waals surface area contributed by atoms with Gasteiger partial charge in [-0.25, -0.2) is 4.79 Å². The number of hydrogen-bond donors (Lipinski definition) is 2. The highest BCUT2D eigenvalue weighted by Gasteiger charge is 2.31. The number of fused-ring (bicyclic) bond motifs is 1. The maximum atomic E-state index is 11.4. The highest BCUT2D eigenvalue weighted by molar-refractivity contribution is 5.79. The van der Waals surface area contributed by atoms with E-state index in [2.05, 4.69) is 16.7 Å². The van der Waals surface area contributed by atoms with Crippen molar-refractivity contribution in [2.75, 3.05) is 13.1 Å². The van der Waals surface area contributed by atoms with E-state index >= 15 is 0 Å². The van der Waals surface area contributed by atoms with Gasteiger partial charge in [0.2, 0.25) is 0 Å². The van der Waals surface area contributed by atoms with E-state index in [0.717, 1.165) is 24.7 Å². The van der Waals surface area contributed by atoms with Crippen LogP contribution >= 0.6 is 0 Å². The van der Waals surface area contributed by atoms with Gasteiger partial charge in [-0.15, -0.1) is 0 Å². The van der Waals surface area contributed by atoms with Crippen LogP contribution in [-0.4, -0.2) is 31.5 Å². The number of amides is 2. The second-order valence-corrected chi connectivity index (χ2v) is 6.94. The summed E-state index contributed by atoms with van der Waals surface area (Å²) in [7, 11) is 0. The monoisotopic (exact) mass is 326 g/mol. The van der Waals surface area contributed by atoms with Crippen LogP contribution in [0.3, 0.4) is 0 Å². The van der Waals surface area contributed by atoms with Crippen LogP contribution in [0.4, 0.5) is 4.79 Å². The molecule has 0 radical (unpaired) electrons. The summed E-state index contributed by atoms with van der Waals surface area (Å²) in [6.45, 7) is 1.20. The molecule has 2 atom stereocenters. The number of ether oxygens (including phenoxy) is 1. The van der Waals surface area contributed by atoms with E-state index in [1.54, 1.807) is 0 Å². The molecule has 5 nitrogen and oxygen atoms in total. The van der Waals surface area contributed by atoms with Crippen LogP contribution in [0, 0.1) is 5.92 Å². The van der Waals surface area contributed by atoms with E-state index in [9.17, 15) is 9.59 Å². The predicted molar refractivity (Wildman–Crippen MR) is 90.4 cm³/mol. The molecule has 2 bridgehead atoms. The molecule has 0 saturated carbocycles. The molecule has 1 aromatic rings. The molecule has 1 aromatic carbocycles. The fraction of sp³-hybridized carbons (Fsp3) is 0.474. The average Bonchev–Trinajstić information content (AvgIpc) is 2.88. The maximum Gasteiger partial charge on any atom is 0.314 e. The minimum absolute atomic E-state index is 0.107. The van der Waals surface area contributed by atoms with E-state index in [4.69, 9.17) is 4.74 Å². The van der Waals surface area contributed by atoms with Gasteiger partial charge in [-0.2, -0.15) is 0 Å². The molecule has 2 aliphatic carbocycles. The van der Waals surface area contributed by atoms with Crippen molar-refractivity contribution in [3.63, 3.8) is 0 Å². The van der Waals surface area contributed by atoms with Gasteiger partial charge in [0.1, 0.15) is 11.9 Å². The zero-order chi connectivity index (χ0) is 16.5. The molecule has 2 N–H and O–H groups in total. The van der Waals surface area contributed by atoms with Gasteiger partial charge in [-0.3, -0.25) is 4.79 Å². The predicted octanol–water partition coefficient (Wildman–Crippen LogP) is 2.77. The number of nitrogens with one attached hydrogen (secondary N) is 2. The number of allylic oxidation sites excluding steroid dienone is 1. The Morgan fingerprint density at radius 3 is 2.79 bits per heavy atom. The third-order valence-electron chi connectivity index (χ3n) is 5.34. The second kappa shape index (κ2) is 6.30. The third-order valence-corrected chi connectivity index (χ3v) is 5.34. The van der Waals surface area contributed by atoms with Crippen LogP contribution in [0.5, 0.6) is 5.75 Å². The number of hydrogen-bond acceptors (Lipinski definition) is 3. The van der Waals surface area contributed by atoms with Crippen molar-refractivity contribution in [3.05, 3.63) is 41.0 Å². The van der Waals surface area contributed by atoms with E-state index in [1.165, 1.54) is 18.4 Å². The summed E-state index contributed by atoms with van der Waals surface area (Å²) in [6.07, 6.45) is 7.95. The minimum Gasteiger partial charge on any atom is -0.485 e. The quantitative estimate of drug-likeness (QED) is 0.660. The van der Waals surface area contributed by atoms with Gasteiger partial charge < -0.3 is 15.4 Å². The fourth-order valence-electron chi connectivity index (χ4n) is 4.00. The van der Waals surface area contributed by atoms with Crippen molar-refractivity contribution in [3.8, 4) is 5.75 Å². The van der Waals surface area contributed by atoms with Crippen LogP contribution in [0.2, 0.25) is 0 Å². The molecule has 1 aliphatic heterocycles. The second-order valence-electron chi connectivity index (χ2n) is 6.94. The summed E-state index contributed by atoms with van der Waals surface area (Å²) in [5.41, 5.74) is 3.06. The van der Waals surface area contributed by atoms with E-state index in [-0.39, 0.29) is 18.1 Å². The summed E-state index contributed by atoms with van der Waals surface area (Å²) >= 11 is 0. The molecule has 0 unspecified atom stereocenters. The first-order valence-corrected chi connectivity index (χ1v) is 8.71. The van der Waals surface area contributed by atoms with Crippen molar-refractivity contribution in [1.29, 1.82) is 0 Å². The lowest BCUT2D eigenvalue weighted by molar-refractivity contribution is 0.111. The fourth-order valence-corrected chi connectivity index (χ4v) is 4.00. The highest BCUT2D eigenvalue weighted by atomic mass is 16.5. The van der Waals surface area contributed by atoms with Crippen LogP contribution in [0.15, 0.2) is 29.8 Å². The van der Waals surface area contributed by atoms with Crippen LogP contribution < -0.4 is 15.4 Å². The Balaban J connectivity index is 1.55. The number of benzene rings is 1. The number of carbonyl (C=O) groups excluding carboxylic acids is 2. The van der Waals surface area contributed by atoms with Gasteiger partial charge in [0.25, 0.3) is 0 Å². The molecular formula is C19H22N2O3. The summed E-state index contributed by atoms with van der Waals surface area (Å²) in [6, 6.07) is 5.62. The lowest BCUT2D eigenvalue weighted by Gasteiger charge is -2.25. The van der Waals surface area contributed by atoms with Crippen molar-refractivity contribution in [2.24, 2.45) is 5.92 Å². The first kappa shape index (κ1) is 15.2. The Bertz CT molecular complexity index is 688. The molecule has 5 heteroatoms. The molecule has 0 spiro atoms. The molecule has 2 amide bonds. The minimum atomic E-state index is -0.127. The maximum absolute atomic E-state index is 11.4. The van der Waals surface area contributed by atoms with E-state index < -0.39 is 0 Å². The van der Waals surface area contributed by atoms with Crippen molar-refractivity contribution < 1.29 is 14.3 Å². The van der Waals surface area contributed by atoms with Gasteiger partial charge in [0.05, 0.1) is 5.56 Å². The first-order chi connectivity index (χ1) is 11.7. The van der Waals surface area contributed by atoms with Gasteiger partial charge in [-0.1, -0.05) is 12.1 Å². The molecule has 0 aromatic heterocycles. The van der Waals surface area contributed by atoms with Gasteiger partial charge in [0.15, 0.2) is 6.29 Å². The molecular weight excluding hydrogens is 304 g/mol. The molecule has 4 rings (SSSR count). The molecule has 1 fully saturated rings. The lowest BCUT2D eigenvalue weighted by Crippen LogP contribution is -2.47. The molecule has 1 heterocycles.